The van der Waals surface area contributed by atoms with Crippen LogP contribution in [0, 0.1) is 11.7 Å². The molecule has 0 N–H and O–H groups in total. The monoisotopic (exact) mass is 338 g/mol. The van der Waals surface area contributed by atoms with Crippen LogP contribution < -0.4 is 4.74 Å². The normalized spacial score (nSPS) is 21.4. The Balaban J connectivity index is 1.83. The predicted octanol–water partition coefficient (Wildman–Crippen LogP) is 3.70. The van der Waals surface area contributed by atoms with Crippen LogP contribution in [0.4, 0.5) is 4.39 Å². The lowest BCUT2D eigenvalue weighted by atomic mass is 9.77. The summed E-state index contributed by atoms with van der Waals surface area (Å²) in [6.45, 7) is 1.47. The third-order valence-corrected chi connectivity index (χ3v) is 5.08. The maximum absolute atomic E-state index is 14.4. The Labute approximate surface area is 145 Å². The molecular weight excluding hydrogens is 319 g/mol. The van der Waals surface area contributed by atoms with Crippen LogP contribution >= 0.6 is 0 Å². The van der Waals surface area contributed by atoms with Crippen LogP contribution in [0.3, 0.4) is 0 Å². The van der Waals surface area contributed by atoms with Crippen LogP contribution in [0.5, 0.6) is 5.75 Å². The van der Waals surface area contributed by atoms with Crippen molar-refractivity contribution in [2.45, 2.75) is 25.8 Å². The number of benzene rings is 2. The number of methoxy groups -OCH3 is 1. The van der Waals surface area contributed by atoms with Crippen LogP contribution in [0.25, 0.3) is 0 Å². The first-order valence-corrected chi connectivity index (χ1v) is 8.40. The molecule has 0 unspecified atom stereocenters. The van der Waals surface area contributed by atoms with Gasteiger partial charge in [0.15, 0.2) is 0 Å². The topological polar surface area (TPSA) is 41.9 Å². The number of carbonyl (C=O) groups excluding carboxylic acids is 1. The molecule has 1 aliphatic carbocycles. The van der Waals surface area contributed by atoms with Gasteiger partial charge in [-0.05, 0) is 36.6 Å². The number of carbonyl (C=O) groups is 1. The molecule has 1 aliphatic heterocycles. The first-order valence-electron chi connectivity index (χ1n) is 8.40. The Hall–Kier alpha value is -2.69. The summed E-state index contributed by atoms with van der Waals surface area (Å²) in [4.78, 5) is 12.2. The van der Waals surface area contributed by atoms with Crippen molar-refractivity contribution < 1.29 is 13.9 Å². The highest BCUT2D eigenvalue weighted by atomic mass is 19.1. The molecule has 25 heavy (non-hydrogen) atoms. The summed E-state index contributed by atoms with van der Waals surface area (Å²) < 4.78 is 19.8. The highest BCUT2D eigenvalue weighted by Crippen LogP contribution is 2.44. The molecule has 0 saturated carbocycles. The third kappa shape index (κ3) is 2.51. The maximum Gasteiger partial charge on any atom is 0.240 e. The van der Waals surface area contributed by atoms with Gasteiger partial charge in [-0.1, -0.05) is 24.3 Å². The summed E-state index contributed by atoms with van der Waals surface area (Å²) in [5.74, 6) is 0.262. The minimum Gasteiger partial charge on any atom is -0.497 e. The molecule has 0 saturated heterocycles. The van der Waals surface area contributed by atoms with Crippen molar-refractivity contribution >= 4 is 11.6 Å². The maximum atomic E-state index is 14.4. The van der Waals surface area contributed by atoms with Crippen LogP contribution in [-0.2, 0) is 11.2 Å². The van der Waals surface area contributed by atoms with Crippen LogP contribution in [0.1, 0.15) is 36.1 Å². The van der Waals surface area contributed by atoms with Gasteiger partial charge in [0, 0.05) is 24.0 Å². The fourth-order valence-electron chi connectivity index (χ4n) is 3.90. The molecule has 5 heteroatoms. The number of rotatable bonds is 2. The predicted molar refractivity (Wildman–Crippen MR) is 93.0 cm³/mol. The van der Waals surface area contributed by atoms with Gasteiger partial charge in [0.25, 0.3) is 0 Å². The number of aryl methyl sites for hydroxylation is 1. The van der Waals surface area contributed by atoms with Crippen molar-refractivity contribution in [3.8, 4) is 5.75 Å². The zero-order chi connectivity index (χ0) is 17.6. The van der Waals surface area contributed by atoms with Gasteiger partial charge < -0.3 is 4.74 Å². The molecule has 2 aromatic rings. The fraction of sp³-hybridized carbons (Fsp3) is 0.300. The summed E-state index contributed by atoms with van der Waals surface area (Å²) in [5.41, 5.74) is 3.56. The molecule has 1 heterocycles. The molecule has 4 rings (SSSR count). The largest absolute Gasteiger partial charge is 0.497 e. The van der Waals surface area contributed by atoms with Gasteiger partial charge >= 0.3 is 0 Å². The minimum absolute atomic E-state index is 0.0135. The van der Waals surface area contributed by atoms with E-state index >= 15 is 0 Å². The van der Waals surface area contributed by atoms with E-state index in [9.17, 15) is 9.18 Å². The standard InChI is InChI=1S/C20H19FN2O2/c1-12(24)23-20(15-5-3-4-6-18(15)21)16-10-8-13-7-9-14(25-2)11-17(13)19(16)22-23/h3-7,9,11,16,20H,8,10H2,1-2H3/t16-,20+/m0/s1. The minimum atomic E-state index is -0.395. The van der Waals surface area contributed by atoms with Crippen molar-refractivity contribution in [3.05, 3.63) is 65.0 Å². The molecule has 4 nitrogen and oxygen atoms in total. The first-order chi connectivity index (χ1) is 12.1. The number of hydrazone groups is 1. The van der Waals surface area contributed by atoms with Crippen molar-refractivity contribution in [1.82, 2.24) is 5.01 Å². The quantitative estimate of drug-likeness (QED) is 0.838. The molecule has 128 valence electrons. The van der Waals surface area contributed by atoms with Gasteiger partial charge in [0.2, 0.25) is 5.91 Å². The number of fused-ring (bicyclic) bond motifs is 3. The Kier molecular flexibility index (Phi) is 3.79. The van der Waals surface area contributed by atoms with Crippen molar-refractivity contribution in [2.24, 2.45) is 11.0 Å². The van der Waals surface area contributed by atoms with E-state index in [0.717, 1.165) is 29.9 Å². The third-order valence-electron chi connectivity index (χ3n) is 5.08. The average Bonchev–Trinajstić information content (AvgIpc) is 3.02. The summed E-state index contributed by atoms with van der Waals surface area (Å²) in [5, 5.41) is 6.04. The van der Waals surface area contributed by atoms with E-state index in [-0.39, 0.29) is 17.6 Å². The number of hydrogen-bond donors (Lipinski definition) is 0. The van der Waals surface area contributed by atoms with Gasteiger partial charge in [-0.3, -0.25) is 4.79 Å². The molecule has 0 spiro atoms. The smallest absolute Gasteiger partial charge is 0.240 e. The van der Waals surface area contributed by atoms with Gasteiger partial charge in [-0.2, -0.15) is 5.10 Å². The Morgan fingerprint density at radius 1 is 1.28 bits per heavy atom. The molecular formula is C20H19FN2O2. The zero-order valence-electron chi connectivity index (χ0n) is 14.2. The highest BCUT2D eigenvalue weighted by Gasteiger charge is 2.44. The molecule has 2 aromatic carbocycles. The number of amides is 1. The molecule has 0 fully saturated rings. The molecule has 1 amide bonds. The molecule has 2 aliphatic rings. The second-order valence-electron chi connectivity index (χ2n) is 6.48. The van der Waals surface area contributed by atoms with E-state index in [1.54, 1.807) is 25.3 Å². The summed E-state index contributed by atoms with van der Waals surface area (Å²) in [6.07, 6.45) is 1.71. The van der Waals surface area contributed by atoms with Gasteiger partial charge in [-0.25, -0.2) is 9.40 Å². The lowest BCUT2D eigenvalue weighted by Crippen LogP contribution is -2.31. The van der Waals surface area contributed by atoms with Crippen LogP contribution in [0.15, 0.2) is 47.6 Å². The molecule has 2 atom stereocenters. The molecule has 0 radical (unpaired) electrons. The number of halogens is 1. The van der Waals surface area contributed by atoms with Gasteiger partial charge in [0.05, 0.1) is 18.9 Å². The highest BCUT2D eigenvalue weighted by molar-refractivity contribution is 6.07. The molecule has 0 bridgehead atoms. The zero-order valence-corrected chi connectivity index (χ0v) is 14.2. The van der Waals surface area contributed by atoms with E-state index in [1.165, 1.54) is 23.6 Å². The average molecular weight is 338 g/mol. The fourth-order valence-corrected chi connectivity index (χ4v) is 3.90. The van der Waals surface area contributed by atoms with Crippen molar-refractivity contribution in [3.63, 3.8) is 0 Å². The molecule has 0 aromatic heterocycles. The Morgan fingerprint density at radius 2 is 2.08 bits per heavy atom. The first kappa shape index (κ1) is 15.8. The Morgan fingerprint density at radius 3 is 2.80 bits per heavy atom. The van der Waals surface area contributed by atoms with Gasteiger partial charge in [-0.15, -0.1) is 0 Å². The lowest BCUT2D eigenvalue weighted by Gasteiger charge is -2.29. The van der Waals surface area contributed by atoms with Crippen molar-refractivity contribution in [1.29, 1.82) is 0 Å². The van der Waals surface area contributed by atoms with Crippen LogP contribution in [0.2, 0.25) is 0 Å². The second kappa shape index (κ2) is 5.99. The number of hydrogen-bond acceptors (Lipinski definition) is 3. The second-order valence-corrected chi connectivity index (χ2v) is 6.48. The summed E-state index contributed by atoms with van der Waals surface area (Å²) in [7, 11) is 1.63. The van der Waals surface area contributed by atoms with E-state index in [1.807, 2.05) is 18.2 Å². The number of nitrogens with zero attached hydrogens (tertiary/aromatic N) is 2. The summed E-state index contributed by atoms with van der Waals surface area (Å²) >= 11 is 0. The van der Waals surface area contributed by atoms with Gasteiger partial charge in [0.1, 0.15) is 11.6 Å². The van der Waals surface area contributed by atoms with Crippen LogP contribution in [-0.4, -0.2) is 23.7 Å². The van der Waals surface area contributed by atoms with E-state index in [4.69, 9.17) is 4.74 Å². The lowest BCUT2D eigenvalue weighted by molar-refractivity contribution is -0.131. The van der Waals surface area contributed by atoms with E-state index < -0.39 is 6.04 Å². The van der Waals surface area contributed by atoms with Crippen molar-refractivity contribution in [2.75, 3.05) is 7.11 Å². The van der Waals surface area contributed by atoms with E-state index in [2.05, 4.69) is 5.10 Å². The number of ether oxygens (including phenoxy) is 1. The van der Waals surface area contributed by atoms with E-state index in [0.29, 0.717) is 5.56 Å². The summed E-state index contributed by atoms with van der Waals surface area (Å²) in [6, 6.07) is 12.2. The SMILES string of the molecule is COc1ccc2c(c1)C1=NN(C(C)=O)[C@H](c3ccccc3F)[C@H]1CC2. The Bertz CT molecular complexity index is 878.